The second kappa shape index (κ2) is 2.20. The molecular formula is C4H2F6N2O. The van der Waals surface area contributed by atoms with Gasteiger partial charge in [-0.1, -0.05) is 0 Å². The highest BCUT2D eigenvalue weighted by Gasteiger charge is 2.76. The first-order valence-corrected chi connectivity index (χ1v) is 2.84. The molecule has 1 saturated heterocycles. The number of rotatable bonds is 0. The van der Waals surface area contributed by atoms with Crippen LogP contribution in [0.4, 0.5) is 31.1 Å². The maximum atomic E-state index is 12.6. The summed E-state index contributed by atoms with van der Waals surface area (Å²) < 4.78 is 72.2. The van der Waals surface area contributed by atoms with Crippen molar-refractivity contribution in [3.8, 4) is 0 Å². The van der Waals surface area contributed by atoms with Crippen molar-refractivity contribution in [1.29, 1.82) is 0 Å². The zero-order valence-corrected chi connectivity index (χ0v) is 5.68. The van der Waals surface area contributed by atoms with Crippen LogP contribution >= 0.6 is 0 Å². The van der Waals surface area contributed by atoms with Crippen LogP contribution in [0.15, 0.2) is 0 Å². The van der Waals surface area contributed by atoms with Crippen LogP contribution in [-0.2, 0) is 0 Å². The van der Waals surface area contributed by atoms with Gasteiger partial charge in [0.15, 0.2) is 0 Å². The standard InChI is InChI=1S/C4H2F6N2O/c5-2(3(6,7)8)4(9,10)12-1(13)11-2/h(H2,11,12,13). The molecule has 1 heterocycles. The minimum atomic E-state index is -5.88. The molecule has 0 aromatic heterocycles. The van der Waals surface area contributed by atoms with Gasteiger partial charge in [0.05, 0.1) is 0 Å². The monoisotopic (exact) mass is 208 g/mol. The SMILES string of the molecule is O=C1NC(F)(F)C(F)(C(F)(F)F)N1. The van der Waals surface area contributed by atoms with Crippen molar-refractivity contribution in [2.24, 2.45) is 0 Å². The van der Waals surface area contributed by atoms with E-state index < -0.39 is 24.0 Å². The molecular weight excluding hydrogens is 206 g/mol. The summed E-state index contributed by atoms with van der Waals surface area (Å²) in [5.41, 5.74) is 0. The van der Waals surface area contributed by atoms with Crippen LogP contribution in [0.2, 0.25) is 0 Å². The van der Waals surface area contributed by atoms with Crippen molar-refractivity contribution in [2.45, 2.75) is 18.0 Å². The van der Waals surface area contributed by atoms with Crippen LogP contribution < -0.4 is 10.6 Å². The third-order valence-electron chi connectivity index (χ3n) is 1.38. The topological polar surface area (TPSA) is 41.1 Å². The predicted molar refractivity (Wildman–Crippen MR) is 26.5 cm³/mol. The smallest absolute Gasteiger partial charge is 0.291 e. The second-order valence-electron chi connectivity index (χ2n) is 2.31. The Kier molecular flexibility index (Phi) is 1.68. The highest BCUT2D eigenvalue weighted by Crippen LogP contribution is 2.44. The van der Waals surface area contributed by atoms with Gasteiger partial charge < -0.3 is 0 Å². The number of hydrogen-bond donors (Lipinski definition) is 2. The van der Waals surface area contributed by atoms with E-state index in [9.17, 15) is 31.1 Å². The molecule has 1 rings (SSSR count). The number of carbonyl (C=O) groups excluding carboxylic acids is 1. The molecule has 0 aliphatic carbocycles. The molecule has 1 fully saturated rings. The molecule has 76 valence electrons. The first-order chi connectivity index (χ1) is 5.60. The average molecular weight is 208 g/mol. The normalized spacial score (nSPS) is 32.6. The zero-order chi connectivity index (χ0) is 10.5. The van der Waals surface area contributed by atoms with E-state index in [1.165, 1.54) is 0 Å². The van der Waals surface area contributed by atoms with E-state index in [-0.39, 0.29) is 0 Å². The maximum absolute atomic E-state index is 12.6. The van der Waals surface area contributed by atoms with Crippen molar-refractivity contribution in [2.75, 3.05) is 0 Å². The Bertz CT molecular complexity index is 250. The van der Waals surface area contributed by atoms with Crippen LogP contribution in [0.5, 0.6) is 0 Å². The predicted octanol–water partition coefficient (Wildman–Crippen LogP) is 1.12. The Morgan fingerprint density at radius 3 is 1.69 bits per heavy atom. The Morgan fingerprint density at radius 1 is 1.08 bits per heavy atom. The highest BCUT2D eigenvalue weighted by molar-refractivity contribution is 5.78. The lowest BCUT2D eigenvalue weighted by atomic mass is 10.2. The molecule has 1 aliphatic rings. The molecule has 0 saturated carbocycles. The van der Waals surface area contributed by atoms with E-state index in [0.29, 0.717) is 10.6 Å². The molecule has 0 bridgehead atoms. The first kappa shape index (κ1) is 9.93. The Balaban J connectivity index is 3.10. The van der Waals surface area contributed by atoms with Crippen molar-refractivity contribution in [3.63, 3.8) is 0 Å². The quantitative estimate of drug-likeness (QED) is 0.454. The van der Waals surface area contributed by atoms with Gasteiger partial charge in [0.1, 0.15) is 0 Å². The van der Waals surface area contributed by atoms with Crippen LogP contribution in [-0.4, -0.2) is 24.0 Å². The molecule has 13 heavy (non-hydrogen) atoms. The molecule has 1 unspecified atom stereocenters. The Labute approximate surface area is 67.1 Å². The number of halogens is 6. The van der Waals surface area contributed by atoms with Crippen molar-refractivity contribution in [1.82, 2.24) is 10.6 Å². The molecule has 0 radical (unpaired) electrons. The largest absolute Gasteiger partial charge is 0.450 e. The van der Waals surface area contributed by atoms with Crippen LogP contribution in [0.25, 0.3) is 0 Å². The van der Waals surface area contributed by atoms with Gasteiger partial charge in [0.2, 0.25) is 0 Å². The molecule has 0 aromatic rings. The zero-order valence-electron chi connectivity index (χ0n) is 5.68. The van der Waals surface area contributed by atoms with Crippen molar-refractivity contribution >= 4 is 6.03 Å². The third-order valence-corrected chi connectivity index (χ3v) is 1.38. The van der Waals surface area contributed by atoms with Gasteiger partial charge in [-0.2, -0.15) is 22.0 Å². The van der Waals surface area contributed by atoms with E-state index >= 15 is 0 Å². The van der Waals surface area contributed by atoms with E-state index in [4.69, 9.17) is 0 Å². The number of alkyl halides is 6. The summed E-state index contributed by atoms with van der Waals surface area (Å²) in [6, 6.07) is -6.91. The molecule has 1 atom stereocenters. The molecule has 0 aromatic carbocycles. The summed E-state index contributed by atoms with van der Waals surface area (Å²) in [7, 11) is 0. The molecule has 3 nitrogen and oxygen atoms in total. The first-order valence-electron chi connectivity index (χ1n) is 2.84. The fourth-order valence-corrected chi connectivity index (χ4v) is 0.744. The summed E-state index contributed by atoms with van der Waals surface area (Å²) in [4.78, 5) is 10.1. The average Bonchev–Trinajstić information content (AvgIpc) is 2.00. The third kappa shape index (κ3) is 1.18. The lowest BCUT2D eigenvalue weighted by molar-refractivity contribution is -0.302. The van der Waals surface area contributed by atoms with Gasteiger partial charge >= 0.3 is 24.0 Å². The van der Waals surface area contributed by atoms with Crippen LogP contribution in [0.1, 0.15) is 0 Å². The van der Waals surface area contributed by atoms with Crippen molar-refractivity contribution in [3.05, 3.63) is 0 Å². The Hall–Kier alpha value is -1.15. The number of urea groups is 1. The van der Waals surface area contributed by atoms with Crippen LogP contribution in [0.3, 0.4) is 0 Å². The summed E-state index contributed by atoms with van der Waals surface area (Å²) in [5.74, 6) is -5.04. The van der Waals surface area contributed by atoms with E-state index in [1.54, 1.807) is 0 Å². The lowest BCUT2D eigenvalue weighted by Gasteiger charge is -2.26. The number of hydrogen-bond acceptors (Lipinski definition) is 1. The maximum Gasteiger partial charge on any atom is 0.450 e. The lowest BCUT2D eigenvalue weighted by Crippen LogP contribution is -2.60. The van der Waals surface area contributed by atoms with Gasteiger partial charge in [-0.3, -0.25) is 10.6 Å². The van der Waals surface area contributed by atoms with Crippen molar-refractivity contribution < 1.29 is 31.1 Å². The molecule has 9 heteroatoms. The van der Waals surface area contributed by atoms with E-state index in [2.05, 4.69) is 0 Å². The van der Waals surface area contributed by atoms with Crippen LogP contribution in [0, 0.1) is 0 Å². The number of nitrogens with one attached hydrogen (secondary N) is 2. The van der Waals surface area contributed by atoms with Gasteiger partial charge in [-0.15, -0.1) is 0 Å². The summed E-state index contributed by atoms with van der Waals surface area (Å²) >= 11 is 0. The van der Waals surface area contributed by atoms with Gasteiger partial charge in [0, 0.05) is 0 Å². The van der Waals surface area contributed by atoms with E-state index in [1.807, 2.05) is 0 Å². The molecule has 0 spiro atoms. The fourth-order valence-electron chi connectivity index (χ4n) is 0.744. The highest BCUT2D eigenvalue weighted by atomic mass is 19.4. The summed E-state index contributed by atoms with van der Waals surface area (Å²) in [5, 5.41) is 0.981. The summed E-state index contributed by atoms with van der Waals surface area (Å²) in [6.07, 6.45) is -5.88. The second-order valence-corrected chi connectivity index (χ2v) is 2.31. The van der Waals surface area contributed by atoms with Gasteiger partial charge in [-0.05, 0) is 0 Å². The molecule has 2 amide bonds. The van der Waals surface area contributed by atoms with Gasteiger partial charge in [0.25, 0.3) is 0 Å². The number of amides is 2. The summed E-state index contributed by atoms with van der Waals surface area (Å²) in [6.45, 7) is 0. The molecule has 2 N–H and O–H groups in total. The Morgan fingerprint density at radius 2 is 1.54 bits per heavy atom. The van der Waals surface area contributed by atoms with Gasteiger partial charge in [-0.25, -0.2) is 9.18 Å². The fraction of sp³-hybridized carbons (Fsp3) is 0.750. The number of carbonyl (C=O) groups is 1. The molecule has 1 aliphatic heterocycles. The van der Waals surface area contributed by atoms with E-state index in [0.717, 1.165) is 0 Å². The minimum absolute atomic E-state index is 0.469. The minimum Gasteiger partial charge on any atom is -0.291 e.